The molecule has 54 valence electrons. The highest BCUT2D eigenvalue weighted by molar-refractivity contribution is 5.55. The second kappa shape index (κ2) is 2.80. The topological polar surface area (TPSA) is 17.1 Å². The van der Waals surface area contributed by atoms with Gasteiger partial charge in [-0.1, -0.05) is 0 Å². The average Bonchev–Trinajstić information content (AvgIpc) is 1.62. The van der Waals surface area contributed by atoms with E-state index in [0.717, 1.165) is 0 Å². The zero-order valence-corrected chi connectivity index (χ0v) is 4.28. The van der Waals surface area contributed by atoms with E-state index >= 15 is 0 Å². The van der Waals surface area contributed by atoms with Gasteiger partial charge in [-0.25, -0.2) is 4.39 Å². The Morgan fingerprint density at radius 3 is 2.00 bits per heavy atom. The van der Waals surface area contributed by atoms with Crippen molar-refractivity contribution in [3.63, 3.8) is 0 Å². The molecule has 1 atom stereocenters. The Hall–Kier alpha value is -0.610. The monoisotopic (exact) mass is 144 g/mol. The predicted molar refractivity (Wildman–Crippen MR) is 21.6 cm³/mol. The largest absolute Gasteiger partial charge is 0.392 e. The van der Waals surface area contributed by atoms with E-state index in [2.05, 4.69) is 0 Å². The second-order valence-electron chi connectivity index (χ2n) is 1.47. The third-order valence-corrected chi connectivity index (χ3v) is 0.574. The van der Waals surface area contributed by atoms with Crippen LogP contribution in [0.2, 0.25) is 0 Å². The molecule has 0 aromatic carbocycles. The number of alkyl halides is 4. The molecule has 1 nitrogen and oxygen atoms in total. The molecular weight excluding hydrogens is 140 g/mol. The van der Waals surface area contributed by atoms with Gasteiger partial charge in [-0.15, -0.1) is 0 Å². The van der Waals surface area contributed by atoms with E-state index in [9.17, 15) is 22.4 Å². The fourth-order valence-electron chi connectivity index (χ4n) is 0.269. The molecular formula is C4H4F4O. The molecule has 0 fully saturated rings. The fraction of sp³-hybridized carbons (Fsp3) is 0.750. The molecule has 0 saturated carbocycles. The number of hydrogen-bond acceptors (Lipinski definition) is 1. The maximum absolute atomic E-state index is 11.5. The standard InChI is InChI=1S/C4H4F4O/c5-3(2-9)1-4(6,7)8/h2-3H,1H2. The normalized spacial score (nSPS) is 15.1. The van der Waals surface area contributed by atoms with E-state index in [-0.39, 0.29) is 6.29 Å². The Balaban J connectivity index is 3.59. The molecule has 0 radical (unpaired) electrons. The third kappa shape index (κ3) is 5.26. The summed E-state index contributed by atoms with van der Waals surface area (Å²) in [4.78, 5) is 9.31. The minimum absolute atomic E-state index is 0.368. The van der Waals surface area contributed by atoms with Crippen LogP contribution in [0.15, 0.2) is 0 Å². The van der Waals surface area contributed by atoms with Gasteiger partial charge in [0.15, 0.2) is 12.5 Å². The molecule has 0 aliphatic carbocycles. The molecule has 0 bridgehead atoms. The Kier molecular flexibility index (Phi) is 2.61. The number of aldehydes is 1. The summed E-state index contributed by atoms with van der Waals surface area (Å²) in [5.41, 5.74) is 0. The first-order valence-electron chi connectivity index (χ1n) is 2.12. The van der Waals surface area contributed by atoms with Crippen LogP contribution in [0.3, 0.4) is 0 Å². The van der Waals surface area contributed by atoms with Crippen LogP contribution in [0.25, 0.3) is 0 Å². The van der Waals surface area contributed by atoms with E-state index in [4.69, 9.17) is 0 Å². The molecule has 0 spiro atoms. The molecule has 9 heavy (non-hydrogen) atoms. The van der Waals surface area contributed by atoms with E-state index in [1.54, 1.807) is 0 Å². The fourth-order valence-corrected chi connectivity index (χ4v) is 0.269. The summed E-state index contributed by atoms with van der Waals surface area (Å²) in [7, 11) is 0. The number of carbonyl (C=O) groups excluding carboxylic acids is 1. The Morgan fingerprint density at radius 1 is 1.44 bits per heavy atom. The first kappa shape index (κ1) is 8.39. The second-order valence-corrected chi connectivity index (χ2v) is 1.47. The van der Waals surface area contributed by atoms with Crippen LogP contribution < -0.4 is 0 Å². The Morgan fingerprint density at radius 2 is 1.89 bits per heavy atom. The molecule has 0 aromatic rings. The van der Waals surface area contributed by atoms with E-state index in [0.29, 0.717) is 0 Å². The first-order chi connectivity index (χ1) is 3.95. The van der Waals surface area contributed by atoms with Crippen LogP contribution in [-0.2, 0) is 4.79 Å². The van der Waals surface area contributed by atoms with Gasteiger partial charge < -0.3 is 4.79 Å². The molecule has 1 unspecified atom stereocenters. The molecule has 0 aliphatic heterocycles. The highest BCUT2D eigenvalue weighted by atomic mass is 19.4. The van der Waals surface area contributed by atoms with Crippen molar-refractivity contribution in [2.45, 2.75) is 18.8 Å². The summed E-state index contributed by atoms with van der Waals surface area (Å²) < 4.78 is 44.8. The lowest BCUT2D eigenvalue weighted by Gasteiger charge is -2.03. The molecule has 0 aromatic heterocycles. The predicted octanol–water partition coefficient (Wildman–Crippen LogP) is 1.48. The van der Waals surface area contributed by atoms with Crippen molar-refractivity contribution in [1.29, 1.82) is 0 Å². The van der Waals surface area contributed by atoms with Crippen LogP contribution in [0, 0.1) is 0 Å². The molecule has 5 heteroatoms. The van der Waals surface area contributed by atoms with Crippen molar-refractivity contribution in [2.75, 3.05) is 0 Å². The SMILES string of the molecule is O=CC(F)CC(F)(F)F. The van der Waals surface area contributed by atoms with E-state index in [1.165, 1.54) is 0 Å². The van der Waals surface area contributed by atoms with Gasteiger partial charge in [0.1, 0.15) is 0 Å². The van der Waals surface area contributed by atoms with Crippen LogP contribution in [0.5, 0.6) is 0 Å². The quantitative estimate of drug-likeness (QED) is 0.423. The lowest BCUT2D eigenvalue weighted by Crippen LogP contribution is -2.16. The molecule has 0 amide bonds. The summed E-state index contributed by atoms with van der Waals surface area (Å²) in [5, 5.41) is 0. The van der Waals surface area contributed by atoms with Crippen LogP contribution in [-0.4, -0.2) is 18.6 Å². The zero-order chi connectivity index (χ0) is 7.49. The highest BCUT2D eigenvalue weighted by Crippen LogP contribution is 2.21. The molecule has 0 heterocycles. The van der Waals surface area contributed by atoms with E-state index in [1.807, 2.05) is 0 Å². The summed E-state index contributed by atoms with van der Waals surface area (Å²) in [5.74, 6) is 0. The Bertz CT molecular complexity index is 97.2. The maximum atomic E-state index is 11.5. The van der Waals surface area contributed by atoms with E-state index < -0.39 is 18.8 Å². The van der Waals surface area contributed by atoms with Gasteiger partial charge in [0.05, 0.1) is 6.42 Å². The van der Waals surface area contributed by atoms with Crippen molar-refractivity contribution >= 4 is 6.29 Å². The summed E-state index contributed by atoms with van der Waals surface area (Å²) in [6.07, 6.45) is -9.05. The van der Waals surface area contributed by atoms with Crippen molar-refractivity contribution < 1.29 is 22.4 Å². The number of rotatable bonds is 2. The zero-order valence-electron chi connectivity index (χ0n) is 4.28. The lowest BCUT2D eigenvalue weighted by atomic mass is 10.3. The number of halogens is 4. The maximum Gasteiger partial charge on any atom is 0.392 e. The van der Waals surface area contributed by atoms with Gasteiger partial charge in [0.25, 0.3) is 0 Å². The van der Waals surface area contributed by atoms with Gasteiger partial charge >= 0.3 is 6.18 Å². The third-order valence-electron chi connectivity index (χ3n) is 0.574. The molecule has 0 aliphatic rings. The minimum Gasteiger partial charge on any atom is -0.300 e. The van der Waals surface area contributed by atoms with Crippen molar-refractivity contribution in [2.24, 2.45) is 0 Å². The summed E-state index contributed by atoms with van der Waals surface area (Å²) >= 11 is 0. The smallest absolute Gasteiger partial charge is 0.300 e. The van der Waals surface area contributed by atoms with Crippen molar-refractivity contribution in [1.82, 2.24) is 0 Å². The van der Waals surface area contributed by atoms with Gasteiger partial charge in [-0.2, -0.15) is 13.2 Å². The van der Waals surface area contributed by atoms with Crippen LogP contribution >= 0.6 is 0 Å². The lowest BCUT2D eigenvalue weighted by molar-refractivity contribution is -0.150. The Labute approximate surface area is 48.7 Å². The minimum atomic E-state index is -4.58. The summed E-state index contributed by atoms with van der Waals surface area (Å²) in [6, 6.07) is 0. The molecule has 0 saturated heterocycles. The highest BCUT2D eigenvalue weighted by Gasteiger charge is 2.31. The average molecular weight is 144 g/mol. The van der Waals surface area contributed by atoms with Crippen molar-refractivity contribution in [3.8, 4) is 0 Å². The van der Waals surface area contributed by atoms with Crippen LogP contribution in [0.4, 0.5) is 17.6 Å². The summed E-state index contributed by atoms with van der Waals surface area (Å²) in [6.45, 7) is 0. The number of hydrogen-bond donors (Lipinski definition) is 0. The van der Waals surface area contributed by atoms with Gasteiger partial charge in [-0.05, 0) is 0 Å². The molecule has 0 rings (SSSR count). The number of carbonyl (C=O) groups is 1. The first-order valence-corrected chi connectivity index (χ1v) is 2.12. The van der Waals surface area contributed by atoms with Gasteiger partial charge in [0.2, 0.25) is 0 Å². The van der Waals surface area contributed by atoms with Gasteiger partial charge in [0, 0.05) is 0 Å². The molecule has 0 N–H and O–H groups in total. The van der Waals surface area contributed by atoms with Crippen molar-refractivity contribution in [3.05, 3.63) is 0 Å². The van der Waals surface area contributed by atoms with Crippen LogP contribution in [0.1, 0.15) is 6.42 Å². The van der Waals surface area contributed by atoms with Gasteiger partial charge in [-0.3, -0.25) is 0 Å².